The summed E-state index contributed by atoms with van der Waals surface area (Å²) in [6.45, 7) is 0.813. The summed E-state index contributed by atoms with van der Waals surface area (Å²) in [7, 11) is 0. The number of rotatable bonds is 1. The largest absolute Gasteiger partial charge is 0.452 e. The number of hydrogen-bond donors (Lipinski definition) is 0. The van der Waals surface area contributed by atoms with Crippen LogP contribution in [0.4, 0.5) is 18.3 Å². The fourth-order valence-corrected chi connectivity index (χ4v) is 3.91. The zero-order chi connectivity index (χ0) is 12.8. The highest BCUT2D eigenvalue weighted by Crippen LogP contribution is 2.40. The molecule has 100 valence electrons. The van der Waals surface area contributed by atoms with Crippen molar-refractivity contribution in [2.75, 3.05) is 11.4 Å². The molecular weight excluding hydrogens is 263 g/mol. The topological polar surface area (TPSA) is 29.0 Å². The molecule has 1 saturated heterocycles. The first-order chi connectivity index (χ1) is 8.55. The summed E-state index contributed by atoms with van der Waals surface area (Å²) >= 11 is 0.877. The van der Waals surface area contributed by atoms with E-state index >= 15 is 0 Å². The Bertz CT molecular complexity index is 431. The van der Waals surface area contributed by atoms with Crippen molar-refractivity contribution in [1.82, 2.24) is 9.36 Å². The summed E-state index contributed by atoms with van der Waals surface area (Å²) in [5.74, 6) is -0.361. The van der Waals surface area contributed by atoms with Gasteiger partial charge in [0.2, 0.25) is 11.0 Å². The normalized spacial score (nSPS) is 28.5. The van der Waals surface area contributed by atoms with Crippen LogP contribution >= 0.6 is 11.5 Å². The fourth-order valence-electron chi connectivity index (χ4n) is 3.14. The molecule has 0 bridgehead atoms. The molecule has 0 spiro atoms. The minimum atomic E-state index is -4.43. The maximum absolute atomic E-state index is 12.5. The van der Waals surface area contributed by atoms with E-state index in [9.17, 15) is 13.2 Å². The SMILES string of the molecule is FC(F)(F)c1nsc(N2CCCC3CCCC32)n1. The van der Waals surface area contributed by atoms with E-state index in [-0.39, 0.29) is 0 Å². The fraction of sp³-hybridized carbons (Fsp3) is 0.818. The van der Waals surface area contributed by atoms with Gasteiger partial charge in [0.15, 0.2) is 0 Å². The molecule has 3 rings (SSSR count). The summed E-state index contributed by atoms with van der Waals surface area (Å²) in [5, 5.41) is 0.443. The van der Waals surface area contributed by atoms with Crippen LogP contribution in [0.3, 0.4) is 0 Å². The highest BCUT2D eigenvalue weighted by atomic mass is 32.1. The van der Waals surface area contributed by atoms with E-state index in [2.05, 4.69) is 9.36 Å². The van der Waals surface area contributed by atoms with Gasteiger partial charge in [-0.15, -0.1) is 0 Å². The lowest BCUT2D eigenvalue weighted by Crippen LogP contribution is -2.42. The number of anilines is 1. The predicted molar refractivity (Wildman–Crippen MR) is 62.6 cm³/mol. The number of aromatic nitrogens is 2. The van der Waals surface area contributed by atoms with Crippen molar-refractivity contribution >= 4 is 16.7 Å². The molecule has 2 fully saturated rings. The van der Waals surface area contributed by atoms with Gasteiger partial charge in [0.25, 0.3) is 0 Å². The highest BCUT2D eigenvalue weighted by molar-refractivity contribution is 7.09. The number of fused-ring (bicyclic) bond motifs is 1. The van der Waals surface area contributed by atoms with E-state index in [1.165, 1.54) is 19.3 Å². The van der Waals surface area contributed by atoms with Gasteiger partial charge in [-0.1, -0.05) is 6.42 Å². The summed E-state index contributed by atoms with van der Waals surface area (Å²) in [4.78, 5) is 5.72. The van der Waals surface area contributed by atoms with Crippen LogP contribution in [0.25, 0.3) is 0 Å². The lowest BCUT2D eigenvalue weighted by atomic mass is 9.92. The van der Waals surface area contributed by atoms with Gasteiger partial charge >= 0.3 is 6.18 Å². The number of alkyl halides is 3. The number of piperidine rings is 1. The second kappa shape index (κ2) is 4.36. The molecule has 0 aromatic carbocycles. The molecule has 7 heteroatoms. The lowest BCUT2D eigenvalue weighted by Gasteiger charge is -2.37. The molecule has 0 amide bonds. The van der Waals surface area contributed by atoms with Crippen molar-refractivity contribution < 1.29 is 13.2 Å². The molecule has 1 aromatic heterocycles. The molecular formula is C11H14F3N3S. The third-order valence-electron chi connectivity index (χ3n) is 3.91. The molecule has 1 aliphatic heterocycles. The number of nitrogens with zero attached hydrogens (tertiary/aromatic N) is 3. The molecule has 0 N–H and O–H groups in total. The first kappa shape index (κ1) is 12.2. The minimum absolute atomic E-state index is 0.382. The smallest absolute Gasteiger partial charge is 0.344 e. The quantitative estimate of drug-likeness (QED) is 0.788. The van der Waals surface area contributed by atoms with Crippen LogP contribution in [0.15, 0.2) is 0 Å². The Hall–Kier alpha value is -0.850. The molecule has 18 heavy (non-hydrogen) atoms. The van der Waals surface area contributed by atoms with E-state index in [0.717, 1.165) is 30.9 Å². The third-order valence-corrected chi connectivity index (χ3v) is 4.66. The third kappa shape index (κ3) is 2.08. The van der Waals surface area contributed by atoms with E-state index < -0.39 is 12.0 Å². The molecule has 2 heterocycles. The van der Waals surface area contributed by atoms with E-state index in [0.29, 0.717) is 17.1 Å². The van der Waals surface area contributed by atoms with Crippen LogP contribution in [0.1, 0.15) is 37.9 Å². The van der Waals surface area contributed by atoms with Gasteiger partial charge < -0.3 is 4.90 Å². The maximum atomic E-state index is 12.5. The minimum Gasteiger partial charge on any atom is -0.344 e. The molecule has 1 aromatic rings. The standard InChI is InChI=1S/C11H14F3N3S/c12-11(13,14)9-15-10(18-16-9)17-6-2-4-7-3-1-5-8(7)17/h7-8H,1-6H2. The Morgan fingerprint density at radius 3 is 2.67 bits per heavy atom. The monoisotopic (exact) mass is 277 g/mol. The van der Waals surface area contributed by atoms with Gasteiger partial charge in [0.05, 0.1) is 0 Å². The Labute approximate surface area is 107 Å². The van der Waals surface area contributed by atoms with Gasteiger partial charge in [0.1, 0.15) is 0 Å². The van der Waals surface area contributed by atoms with Crippen molar-refractivity contribution in [3.63, 3.8) is 0 Å². The Kier molecular flexibility index (Phi) is 2.96. The molecule has 2 unspecified atom stereocenters. The van der Waals surface area contributed by atoms with Crippen LogP contribution in [-0.2, 0) is 6.18 Å². The van der Waals surface area contributed by atoms with E-state index in [4.69, 9.17) is 0 Å². The van der Waals surface area contributed by atoms with Gasteiger partial charge in [-0.2, -0.15) is 22.5 Å². The Balaban J connectivity index is 1.83. The summed E-state index contributed by atoms with van der Waals surface area (Å²) in [6, 6.07) is 0.382. The Morgan fingerprint density at radius 2 is 1.94 bits per heavy atom. The van der Waals surface area contributed by atoms with Gasteiger partial charge in [-0.05, 0) is 31.6 Å². The number of hydrogen-bond acceptors (Lipinski definition) is 4. The van der Waals surface area contributed by atoms with Gasteiger partial charge in [0, 0.05) is 24.1 Å². The highest BCUT2D eigenvalue weighted by Gasteiger charge is 2.40. The van der Waals surface area contributed by atoms with Crippen molar-refractivity contribution in [3.8, 4) is 0 Å². The van der Waals surface area contributed by atoms with Gasteiger partial charge in [-0.3, -0.25) is 0 Å². The van der Waals surface area contributed by atoms with Crippen molar-refractivity contribution in [1.29, 1.82) is 0 Å². The van der Waals surface area contributed by atoms with Crippen LogP contribution in [0.5, 0.6) is 0 Å². The van der Waals surface area contributed by atoms with Crippen LogP contribution in [0.2, 0.25) is 0 Å². The average molecular weight is 277 g/mol. The van der Waals surface area contributed by atoms with Crippen molar-refractivity contribution in [2.24, 2.45) is 5.92 Å². The second-order valence-corrected chi connectivity index (χ2v) is 5.72. The molecule has 1 aliphatic carbocycles. The van der Waals surface area contributed by atoms with Crippen LogP contribution in [0, 0.1) is 5.92 Å². The van der Waals surface area contributed by atoms with Crippen molar-refractivity contribution in [2.45, 2.75) is 44.3 Å². The van der Waals surface area contributed by atoms with E-state index in [1.807, 2.05) is 4.90 Å². The van der Waals surface area contributed by atoms with Crippen LogP contribution < -0.4 is 4.90 Å². The van der Waals surface area contributed by atoms with E-state index in [1.54, 1.807) is 0 Å². The Morgan fingerprint density at radius 1 is 1.17 bits per heavy atom. The number of halogens is 3. The summed E-state index contributed by atoms with van der Waals surface area (Å²) < 4.78 is 40.9. The second-order valence-electron chi connectivity index (χ2n) is 4.99. The maximum Gasteiger partial charge on any atom is 0.452 e. The average Bonchev–Trinajstić information content (AvgIpc) is 2.96. The lowest BCUT2D eigenvalue weighted by molar-refractivity contribution is -0.144. The zero-order valence-electron chi connectivity index (χ0n) is 9.78. The van der Waals surface area contributed by atoms with Crippen LogP contribution in [-0.4, -0.2) is 21.9 Å². The van der Waals surface area contributed by atoms with Crippen molar-refractivity contribution in [3.05, 3.63) is 5.82 Å². The molecule has 2 aliphatic rings. The zero-order valence-corrected chi connectivity index (χ0v) is 10.6. The molecule has 0 radical (unpaired) electrons. The predicted octanol–water partition coefficient (Wildman–Crippen LogP) is 3.33. The first-order valence-electron chi connectivity index (χ1n) is 6.23. The summed E-state index contributed by atoms with van der Waals surface area (Å²) in [5.41, 5.74) is 0. The van der Waals surface area contributed by atoms with Gasteiger partial charge in [-0.25, -0.2) is 0 Å². The molecule has 2 atom stereocenters. The molecule has 1 saturated carbocycles. The summed E-state index contributed by atoms with van der Waals surface area (Å²) in [6.07, 6.45) is 1.27. The first-order valence-corrected chi connectivity index (χ1v) is 7.00. The molecule has 3 nitrogen and oxygen atoms in total.